The fourth-order valence-corrected chi connectivity index (χ4v) is 4.41. The molecule has 9 heteroatoms. The van der Waals surface area contributed by atoms with Gasteiger partial charge < -0.3 is 9.84 Å². The molecular formula is C14H13BrF2N2O3S. The first-order valence-corrected chi connectivity index (χ1v) is 8.65. The van der Waals surface area contributed by atoms with Crippen LogP contribution in [0.5, 0.6) is 0 Å². The predicted octanol–water partition coefficient (Wildman–Crippen LogP) is 3.33. The molecule has 2 N–H and O–H groups in total. The Bertz CT molecular complexity index is 688. The number of amides is 1. The molecule has 2 unspecified atom stereocenters. The van der Waals surface area contributed by atoms with Gasteiger partial charge in [-0.3, -0.25) is 10.3 Å². The van der Waals surface area contributed by atoms with Crippen molar-refractivity contribution in [1.82, 2.24) is 5.32 Å². The number of hydrogen-bond acceptors (Lipinski definition) is 4. The summed E-state index contributed by atoms with van der Waals surface area (Å²) >= 11 is 4.33. The van der Waals surface area contributed by atoms with E-state index in [0.29, 0.717) is 25.4 Å². The van der Waals surface area contributed by atoms with Crippen LogP contribution in [0.4, 0.5) is 13.6 Å². The van der Waals surface area contributed by atoms with Crippen molar-refractivity contribution < 1.29 is 23.4 Å². The van der Waals surface area contributed by atoms with E-state index >= 15 is 0 Å². The molecule has 2 atom stereocenters. The quantitative estimate of drug-likeness (QED) is 0.701. The lowest BCUT2D eigenvalue weighted by Gasteiger charge is -2.44. The van der Waals surface area contributed by atoms with Crippen LogP contribution < -0.4 is 5.32 Å². The van der Waals surface area contributed by atoms with E-state index in [-0.39, 0.29) is 21.1 Å². The van der Waals surface area contributed by atoms with Crippen molar-refractivity contribution in [3.05, 3.63) is 33.8 Å². The number of carbonyl (C=O) groups is 1. The third-order valence-corrected chi connectivity index (χ3v) is 5.68. The smallest absolute Gasteiger partial charge is 0.410 e. The molecule has 1 amide bonds. The Morgan fingerprint density at radius 1 is 1.48 bits per heavy atom. The van der Waals surface area contributed by atoms with Crippen molar-refractivity contribution in [2.45, 2.75) is 12.0 Å². The minimum Gasteiger partial charge on any atom is -0.465 e. The summed E-state index contributed by atoms with van der Waals surface area (Å²) in [6.45, 7) is 0.769. The highest BCUT2D eigenvalue weighted by atomic mass is 79.9. The summed E-state index contributed by atoms with van der Waals surface area (Å²) in [5.41, 5.74) is -0.703. The minimum atomic E-state index is -1.22. The molecule has 0 bridgehead atoms. The van der Waals surface area contributed by atoms with Gasteiger partial charge in [0, 0.05) is 36.3 Å². The van der Waals surface area contributed by atoms with E-state index in [1.807, 2.05) is 0 Å². The van der Waals surface area contributed by atoms with Crippen molar-refractivity contribution in [3.8, 4) is 0 Å². The summed E-state index contributed by atoms with van der Waals surface area (Å²) in [5, 5.41) is 11.3. The SMILES string of the molecule is O=C(O)NC1=NC2(c3cc(Br)c(F)cc3F)CCOCC2CS1. The molecule has 0 saturated carbocycles. The highest BCUT2D eigenvalue weighted by molar-refractivity contribution is 9.10. The van der Waals surface area contributed by atoms with Crippen LogP contribution in [0.15, 0.2) is 21.6 Å². The summed E-state index contributed by atoms with van der Waals surface area (Å²) in [7, 11) is 0. The van der Waals surface area contributed by atoms with E-state index in [9.17, 15) is 13.6 Å². The number of rotatable bonds is 1. The average molecular weight is 407 g/mol. The fourth-order valence-electron chi connectivity index (χ4n) is 2.95. The topological polar surface area (TPSA) is 70.9 Å². The van der Waals surface area contributed by atoms with Crippen molar-refractivity contribution in [1.29, 1.82) is 0 Å². The second-order valence-electron chi connectivity index (χ2n) is 5.35. The number of aliphatic imine (C=N–C) groups is 1. The van der Waals surface area contributed by atoms with E-state index in [4.69, 9.17) is 9.84 Å². The first-order chi connectivity index (χ1) is 10.9. The normalized spacial score (nSPS) is 27.1. The van der Waals surface area contributed by atoms with Crippen LogP contribution in [-0.2, 0) is 10.3 Å². The number of nitrogens with one attached hydrogen (secondary N) is 1. The molecule has 5 nitrogen and oxygen atoms in total. The number of ether oxygens (including phenoxy) is 1. The fraction of sp³-hybridized carbons (Fsp3) is 0.429. The molecule has 2 aliphatic heterocycles. The van der Waals surface area contributed by atoms with E-state index in [1.165, 1.54) is 17.8 Å². The van der Waals surface area contributed by atoms with Crippen molar-refractivity contribution in [2.75, 3.05) is 19.0 Å². The first-order valence-electron chi connectivity index (χ1n) is 6.88. The Kier molecular flexibility index (Phi) is 4.61. The van der Waals surface area contributed by atoms with Crippen LogP contribution in [-0.4, -0.2) is 35.3 Å². The summed E-state index contributed by atoms with van der Waals surface area (Å²) in [6, 6.07) is 2.21. The number of amidine groups is 1. The standard InChI is InChI=1S/C14H13BrF2N2O3S/c15-9-3-8(10(16)4-11(9)17)14-1-2-22-5-7(14)6-23-12(19-14)18-13(20)21/h3-4,7H,1-2,5-6H2,(H,18,19)(H,20,21). The van der Waals surface area contributed by atoms with Crippen LogP contribution in [0.25, 0.3) is 0 Å². The Hall–Kier alpha value is -1.19. The second-order valence-corrected chi connectivity index (χ2v) is 7.21. The molecular weight excluding hydrogens is 394 g/mol. The van der Waals surface area contributed by atoms with Gasteiger partial charge in [0.05, 0.1) is 16.6 Å². The van der Waals surface area contributed by atoms with Crippen LogP contribution >= 0.6 is 27.7 Å². The predicted molar refractivity (Wildman–Crippen MR) is 85.7 cm³/mol. The molecule has 23 heavy (non-hydrogen) atoms. The Balaban J connectivity index is 2.12. The number of fused-ring (bicyclic) bond motifs is 1. The van der Waals surface area contributed by atoms with Gasteiger partial charge in [-0.15, -0.1) is 0 Å². The zero-order valence-electron chi connectivity index (χ0n) is 11.8. The lowest BCUT2D eigenvalue weighted by molar-refractivity contribution is 0.00870. The van der Waals surface area contributed by atoms with Crippen molar-refractivity contribution >= 4 is 39.0 Å². The van der Waals surface area contributed by atoms with Crippen molar-refractivity contribution in [3.63, 3.8) is 0 Å². The molecule has 1 fully saturated rings. The molecule has 124 valence electrons. The van der Waals surface area contributed by atoms with Gasteiger partial charge in [-0.1, -0.05) is 11.8 Å². The van der Waals surface area contributed by atoms with Gasteiger partial charge in [-0.2, -0.15) is 0 Å². The molecule has 1 aromatic rings. The lowest BCUT2D eigenvalue weighted by atomic mass is 9.75. The molecule has 2 heterocycles. The number of carboxylic acid groups (broad SMARTS) is 1. The average Bonchev–Trinajstić information content (AvgIpc) is 2.50. The Morgan fingerprint density at radius 2 is 2.26 bits per heavy atom. The van der Waals surface area contributed by atoms with E-state index in [0.717, 1.165) is 6.07 Å². The third kappa shape index (κ3) is 3.09. The molecule has 0 aromatic heterocycles. The van der Waals surface area contributed by atoms with Crippen LogP contribution in [0.3, 0.4) is 0 Å². The summed E-state index contributed by atoms with van der Waals surface area (Å²) in [6.07, 6.45) is -0.824. The zero-order valence-corrected chi connectivity index (χ0v) is 14.2. The first kappa shape index (κ1) is 16.7. The van der Waals surface area contributed by atoms with Crippen LogP contribution in [0.2, 0.25) is 0 Å². The van der Waals surface area contributed by atoms with Crippen LogP contribution in [0, 0.1) is 17.6 Å². The molecule has 0 aliphatic carbocycles. The maximum absolute atomic E-state index is 14.5. The van der Waals surface area contributed by atoms with E-state index in [1.54, 1.807) is 0 Å². The highest BCUT2D eigenvalue weighted by Gasteiger charge is 2.47. The van der Waals surface area contributed by atoms with Gasteiger partial charge in [0.25, 0.3) is 0 Å². The molecule has 0 radical (unpaired) electrons. The largest absolute Gasteiger partial charge is 0.465 e. The number of hydrogen-bond donors (Lipinski definition) is 2. The maximum Gasteiger partial charge on any atom is 0.410 e. The molecule has 1 aromatic carbocycles. The Labute approximate surface area is 143 Å². The summed E-state index contributed by atoms with van der Waals surface area (Å²) in [4.78, 5) is 15.4. The van der Waals surface area contributed by atoms with Crippen LogP contribution in [0.1, 0.15) is 12.0 Å². The zero-order chi connectivity index (χ0) is 16.6. The second kappa shape index (κ2) is 6.37. The lowest BCUT2D eigenvalue weighted by Crippen LogP contribution is -2.48. The molecule has 0 spiro atoms. The number of benzene rings is 1. The van der Waals surface area contributed by atoms with Gasteiger partial charge in [0.15, 0.2) is 5.17 Å². The van der Waals surface area contributed by atoms with Gasteiger partial charge in [-0.05, 0) is 22.0 Å². The van der Waals surface area contributed by atoms with Gasteiger partial charge in [0.2, 0.25) is 0 Å². The molecule has 3 rings (SSSR count). The number of nitrogens with zero attached hydrogens (tertiary/aromatic N) is 1. The maximum atomic E-state index is 14.5. The van der Waals surface area contributed by atoms with Gasteiger partial charge >= 0.3 is 6.09 Å². The third-order valence-electron chi connectivity index (χ3n) is 4.03. The minimum absolute atomic E-state index is 0.118. The summed E-state index contributed by atoms with van der Waals surface area (Å²) in [5.74, 6) is -0.965. The number of halogens is 3. The van der Waals surface area contributed by atoms with E-state index < -0.39 is 23.3 Å². The molecule has 1 saturated heterocycles. The monoisotopic (exact) mass is 406 g/mol. The summed E-state index contributed by atoms with van der Waals surface area (Å²) < 4.78 is 33.6. The highest BCUT2D eigenvalue weighted by Crippen LogP contribution is 2.47. The van der Waals surface area contributed by atoms with Gasteiger partial charge in [-0.25, -0.2) is 13.6 Å². The van der Waals surface area contributed by atoms with Crippen molar-refractivity contribution in [2.24, 2.45) is 10.9 Å². The molecule has 2 aliphatic rings. The Morgan fingerprint density at radius 3 is 3.00 bits per heavy atom. The van der Waals surface area contributed by atoms with E-state index in [2.05, 4.69) is 26.2 Å². The number of thioether (sulfide) groups is 1. The van der Waals surface area contributed by atoms with Gasteiger partial charge in [0.1, 0.15) is 11.6 Å².